The van der Waals surface area contributed by atoms with E-state index < -0.39 is 0 Å². The van der Waals surface area contributed by atoms with Crippen molar-refractivity contribution in [2.45, 2.75) is 26.2 Å². The summed E-state index contributed by atoms with van der Waals surface area (Å²) < 4.78 is 5.25. The highest BCUT2D eigenvalue weighted by molar-refractivity contribution is 5.91. The molecule has 0 fully saturated rings. The van der Waals surface area contributed by atoms with Crippen LogP contribution in [0.1, 0.15) is 30.7 Å². The first-order valence-electron chi connectivity index (χ1n) is 9.50. The number of nitrogens with zero attached hydrogens (tertiary/aromatic N) is 1. The molecule has 0 amide bonds. The number of rotatable bonds is 1. The molecule has 1 aromatic heterocycles. The molecule has 138 valence electrons. The van der Waals surface area contributed by atoms with E-state index in [0.717, 1.165) is 11.1 Å². The molecule has 0 spiro atoms. The van der Waals surface area contributed by atoms with Gasteiger partial charge in [0.1, 0.15) is 5.76 Å². The summed E-state index contributed by atoms with van der Waals surface area (Å²) in [5.74, 6) is 0.621. The maximum Gasteiger partial charge on any atom is 0.343 e. The standard InChI is InChI=1S/C25H21NO2/c1-16-14-17-15-18(12-13-19(17)24(27)28-16)26-22-10-6-4-8-20(22)25(2,3)21-9-5-7-11-23(21)26/h4-15H,1-3H3. The summed E-state index contributed by atoms with van der Waals surface area (Å²) in [6.07, 6.45) is 0. The summed E-state index contributed by atoms with van der Waals surface area (Å²) in [5, 5.41) is 1.50. The van der Waals surface area contributed by atoms with Crippen LogP contribution >= 0.6 is 0 Å². The van der Waals surface area contributed by atoms with Crippen LogP contribution in [0, 0.1) is 6.92 Å². The second-order valence-electron chi connectivity index (χ2n) is 7.91. The number of hydrogen-bond donors (Lipinski definition) is 0. The predicted octanol–water partition coefficient (Wildman–Crippen LogP) is 6.21. The maximum atomic E-state index is 12.2. The van der Waals surface area contributed by atoms with Crippen molar-refractivity contribution >= 4 is 27.8 Å². The van der Waals surface area contributed by atoms with Gasteiger partial charge in [-0.15, -0.1) is 0 Å². The average Bonchev–Trinajstić information content (AvgIpc) is 2.68. The zero-order valence-corrected chi connectivity index (χ0v) is 16.2. The first-order valence-corrected chi connectivity index (χ1v) is 9.50. The molecule has 0 saturated heterocycles. The van der Waals surface area contributed by atoms with Gasteiger partial charge in [-0.25, -0.2) is 4.79 Å². The van der Waals surface area contributed by atoms with E-state index in [1.165, 1.54) is 22.5 Å². The van der Waals surface area contributed by atoms with Crippen molar-refractivity contribution in [2.24, 2.45) is 0 Å². The Hall–Kier alpha value is -3.33. The Bertz CT molecular complexity index is 1230. The van der Waals surface area contributed by atoms with Crippen LogP contribution < -0.4 is 10.5 Å². The van der Waals surface area contributed by atoms with E-state index in [4.69, 9.17) is 4.42 Å². The van der Waals surface area contributed by atoms with E-state index in [1.807, 2.05) is 25.1 Å². The maximum absolute atomic E-state index is 12.2. The van der Waals surface area contributed by atoms with Crippen molar-refractivity contribution in [2.75, 3.05) is 4.90 Å². The quantitative estimate of drug-likeness (QED) is 0.401. The fraction of sp³-hybridized carbons (Fsp3) is 0.160. The first-order chi connectivity index (χ1) is 13.5. The van der Waals surface area contributed by atoms with E-state index in [-0.39, 0.29) is 11.0 Å². The van der Waals surface area contributed by atoms with Gasteiger partial charge in [0.2, 0.25) is 0 Å². The lowest BCUT2D eigenvalue weighted by molar-refractivity contribution is 0.488. The largest absolute Gasteiger partial charge is 0.428 e. The minimum atomic E-state index is -0.290. The van der Waals surface area contributed by atoms with Gasteiger partial charge in [0.25, 0.3) is 0 Å². The van der Waals surface area contributed by atoms with Gasteiger partial charge < -0.3 is 9.32 Å². The minimum absolute atomic E-state index is 0.0851. The number of para-hydroxylation sites is 2. The summed E-state index contributed by atoms with van der Waals surface area (Å²) in [7, 11) is 0. The van der Waals surface area contributed by atoms with Gasteiger partial charge in [0.05, 0.1) is 16.8 Å². The Balaban J connectivity index is 1.82. The van der Waals surface area contributed by atoms with E-state index in [9.17, 15) is 4.79 Å². The van der Waals surface area contributed by atoms with Crippen LogP contribution in [0.15, 0.2) is 82.0 Å². The van der Waals surface area contributed by atoms with E-state index in [2.05, 4.69) is 73.3 Å². The normalized spacial score (nSPS) is 14.6. The number of fused-ring (bicyclic) bond motifs is 3. The molecule has 3 heteroatoms. The molecule has 0 N–H and O–H groups in total. The van der Waals surface area contributed by atoms with Crippen molar-refractivity contribution < 1.29 is 4.42 Å². The zero-order chi connectivity index (χ0) is 19.5. The van der Waals surface area contributed by atoms with Crippen LogP contribution in [0.4, 0.5) is 17.1 Å². The molecular weight excluding hydrogens is 346 g/mol. The van der Waals surface area contributed by atoms with Crippen LogP contribution in [0.25, 0.3) is 10.8 Å². The van der Waals surface area contributed by atoms with Gasteiger partial charge in [-0.05, 0) is 59.8 Å². The summed E-state index contributed by atoms with van der Waals surface area (Å²) in [6, 6.07) is 25.0. The van der Waals surface area contributed by atoms with E-state index in [0.29, 0.717) is 11.1 Å². The number of hydrogen-bond acceptors (Lipinski definition) is 3. The molecule has 0 unspecified atom stereocenters. The number of aryl methyl sites for hydroxylation is 1. The fourth-order valence-corrected chi connectivity index (χ4v) is 4.39. The number of benzene rings is 3. The Labute approximate surface area is 163 Å². The molecule has 28 heavy (non-hydrogen) atoms. The van der Waals surface area contributed by atoms with Crippen LogP contribution in [0.2, 0.25) is 0 Å². The third-order valence-electron chi connectivity index (χ3n) is 5.76. The molecule has 1 aliphatic rings. The molecule has 2 heterocycles. The summed E-state index contributed by atoms with van der Waals surface area (Å²) in [6.45, 7) is 6.36. The fourth-order valence-electron chi connectivity index (χ4n) is 4.39. The molecule has 3 nitrogen and oxygen atoms in total. The van der Waals surface area contributed by atoms with Crippen LogP contribution in [0.3, 0.4) is 0 Å². The van der Waals surface area contributed by atoms with Gasteiger partial charge in [-0.2, -0.15) is 0 Å². The molecule has 0 bridgehead atoms. The van der Waals surface area contributed by atoms with Crippen molar-refractivity contribution in [1.29, 1.82) is 0 Å². The summed E-state index contributed by atoms with van der Waals surface area (Å²) in [4.78, 5) is 14.5. The SMILES string of the molecule is Cc1cc2cc(N3c4ccccc4C(C)(C)c4ccccc43)ccc2c(=O)o1. The summed E-state index contributed by atoms with van der Waals surface area (Å²) in [5.41, 5.74) is 5.58. The van der Waals surface area contributed by atoms with Crippen LogP contribution in [-0.2, 0) is 5.41 Å². The minimum Gasteiger partial charge on any atom is -0.428 e. The van der Waals surface area contributed by atoms with Crippen LogP contribution in [-0.4, -0.2) is 0 Å². The molecule has 0 atom stereocenters. The lowest BCUT2D eigenvalue weighted by Crippen LogP contribution is -2.30. The van der Waals surface area contributed by atoms with Gasteiger partial charge in [0, 0.05) is 11.1 Å². The van der Waals surface area contributed by atoms with Gasteiger partial charge in [-0.3, -0.25) is 0 Å². The lowest BCUT2D eigenvalue weighted by atomic mass is 9.73. The van der Waals surface area contributed by atoms with Gasteiger partial charge in [0.15, 0.2) is 0 Å². The summed E-state index contributed by atoms with van der Waals surface area (Å²) >= 11 is 0. The molecule has 0 saturated carbocycles. The van der Waals surface area contributed by atoms with Crippen molar-refractivity contribution in [3.05, 3.63) is 100 Å². The highest BCUT2D eigenvalue weighted by atomic mass is 16.4. The van der Waals surface area contributed by atoms with Gasteiger partial charge >= 0.3 is 5.63 Å². The van der Waals surface area contributed by atoms with Gasteiger partial charge in [-0.1, -0.05) is 50.2 Å². The third kappa shape index (κ3) is 2.32. The highest BCUT2D eigenvalue weighted by Crippen LogP contribution is 2.51. The Kier molecular flexibility index (Phi) is 3.50. The molecule has 0 radical (unpaired) electrons. The topological polar surface area (TPSA) is 33.5 Å². The Morgan fingerprint density at radius 3 is 2.07 bits per heavy atom. The van der Waals surface area contributed by atoms with Crippen LogP contribution in [0.5, 0.6) is 0 Å². The molecule has 5 rings (SSSR count). The van der Waals surface area contributed by atoms with Crippen molar-refractivity contribution in [1.82, 2.24) is 0 Å². The third-order valence-corrected chi connectivity index (χ3v) is 5.76. The van der Waals surface area contributed by atoms with Crippen molar-refractivity contribution in [3.63, 3.8) is 0 Å². The molecule has 0 aliphatic carbocycles. The lowest BCUT2D eigenvalue weighted by Gasteiger charge is -2.42. The second-order valence-corrected chi connectivity index (χ2v) is 7.91. The monoisotopic (exact) mass is 367 g/mol. The highest BCUT2D eigenvalue weighted by Gasteiger charge is 2.36. The van der Waals surface area contributed by atoms with E-state index >= 15 is 0 Å². The Morgan fingerprint density at radius 1 is 0.821 bits per heavy atom. The zero-order valence-electron chi connectivity index (χ0n) is 16.2. The molecule has 4 aromatic rings. The second kappa shape index (κ2) is 5.83. The average molecular weight is 367 g/mol. The molecule has 1 aliphatic heterocycles. The predicted molar refractivity (Wildman–Crippen MR) is 114 cm³/mol. The van der Waals surface area contributed by atoms with E-state index in [1.54, 1.807) is 0 Å². The Morgan fingerprint density at radius 2 is 1.43 bits per heavy atom. The first kappa shape index (κ1) is 16.8. The molecular formula is C25H21NO2. The smallest absolute Gasteiger partial charge is 0.343 e. The van der Waals surface area contributed by atoms with Crippen molar-refractivity contribution in [3.8, 4) is 0 Å². The number of anilines is 3. The molecule has 3 aromatic carbocycles.